The number of primary sulfonamides is 1. The van der Waals surface area contributed by atoms with Crippen molar-refractivity contribution in [3.8, 4) is 0 Å². The molecule has 2 aromatic rings. The Bertz CT molecular complexity index is 730. The number of rotatable bonds is 3. The molecule has 2 aromatic carbocycles. The molecule has 0 aromatic heterocycles. The predicted octanol–water partition coefficient (Wildman–Crippen LogP) is 2.48. The maximum absolute atomic E-state index is 11.2. The Kier molecular flexibility index (Phi) is 3.92. The van der Waals surface area contributed by atoms with Gasteiger partial charge in [0.25, 0.3) is 0 Å². The van der Waals surface area contributed by atoms with Gasteiger partial charge < -0.3 is 5.73 Å². The number of nitrogens with two attached hydrogens (primary N) is 2. The van der Waals surface area contributed by atoms with Crippen LogP contribution in [0.4, 0.5) is 5.69 Å². The molecule has 0 atom stereocenters. The van der Waals surface area contributed by atoms with Crippen LogP contribution in [0.25, 0.3) is 11.6 Å². The minimum Gasteiger partial charge on any atom is -0.399 e. The molecule has 0 amide bonds. The van der Waals surface area contributed by atoms with E-state index in [0.717, 1.165) is 22.4 Å². The highest BCUT2D eigenvalue weighted by atomic mass is 32.2. The summed E-state index contributed by atoms with van der Waals surface area (Å²) < 4.78 is 22.3. The summed E-state index contributed by atoms with van der Waals surface area (Å²) >= 11 is 0. The van der Waals surface area contributed by atoms with Crippen molar-refractivity contribution in [2.24, 2.45) is 5.14 Å². The number of allylic oxidation sites excluding steroid dienone is 1. The van der Waals surface area contributed by atoms with Crippen LogP contribution in [-0.4, -0.2) is 8.42 Å². The van der Waals surface area contributed by atoms with E-state index in [1.807, 2.05) is 37.3 Å². The highest BCUT2D eigenvalue weighted by Crippen LogP contribution is 2.19. The highest BCUT2D eigenvalue weighted by molar-refractivity contribution is 7.89. The summed E-state index contributed by atoms with van der Waals surface area (Å²) in [6.45, 7) is 1.99. The van der Waals surface area contributed by atoms with Crippen LogP contribution < -0.4 is 10.9 Å². The van der Waals surface area contributed by atoms with Crippen LogP contribution in [-0.2, 0) is 10.0 Å². The zero-order valence-electron chi connectivity index (χ0n) is 11.1. The van der Waals surface area contributed by atoms with Crippen molar-refractivity contribution in [2.45, 2.75) is 11.8 Å². The molecule has 4 nitrogen and oxygen atoms in total. The first-order valence-electron chi connectivity index (χ1n) is 6.03. The Labute approximate surface area is 118 Å². The monoisotopic (exact) mass is 288 g/mol. The van der Waals surface area contributed by atoms with Gasteiger partial charge in [-0.25, -0.2) is 13.6 Å². The van der Waals surface area contributed by atoms with Crippen LogP contribution >= 0.6 is 0 Å². The van der Waals surface area contributed by atoms with Gasteiger partial charge in [-0.05, 0) is 47.9 Å². The van der Waals surface area contributed by atoms with E-state index in [9.17, 15) is 8.42 Å². The third-order valence-corrected chi connectivity index (χ3v) is 3.89. The van der Waals surface area contributed by atoms with E-state index in [-0.39, 0.29) is 4.90 Å². The summed E-state index contributed by atoms with van der Waals surface area (Å²) in [6, 6.07) is 14.0. The fraction of sp³-hybridized carbons (Fsp3) is 0.0667. The topological polar surface area (TPSA) is 86.2 Å². The molecular formula is C15H16N2O2S. The Morgan fingerprint density at radius 3 is 2.05 bits per heavy atom. The van der Waals surface area contributed by atoms with Crippen LogP contribution in [0.1, 0.15) is 18.1 Å². The largest absolute Gasteiger partial charge is 0.399 e. The van der Waals surface area contributed by atoms with Gasteiger partial charge in [0.2, 0.25) is 10.0 Å². The second-order valence-electron chi connectivity index (χ2n) is 4.56. The Morgan fingerprint density at radius 1 is 1.00 bits per heavy atom. The fourth-order valence-corrected chi connectivity index (χ4v) is 2.35. The molecule has 0 fully saturated rings. The standard InChI is InChI=1S/C15H16N2O2S/c1-11(13-4-6-14(16)7-5-13)10-12-2-8-15(9-3-12)20(17,18)19/h2-10H,16H2,1H3,(H2,17,18,19)/b11-10+. The average Bonchev–Trinajstić information content (AvgIpc) is 2.39. The molecule has 20 heavy (non-hydrogen) atoms. The molecule has 0 spiro atoms. The lowest BCUT2D eigenvalue weighted by molar-refractivity contribution is 0.598. The lowest BCUT2D eigenvalue weighted by Crippen LogP contribution is -2.11. The van der Waals surface area contributed by atoms with E-state index in [4.69, 9.17) is 10.9 Å². The van der Waals surface area contributed by atoms with Gasteiger partial charge in [0.15, 0.2) is 0 Å². The van der Waals surface area contributed by atoms with Crippen molar-refractivity contribution >= 4 is 27.4 Å². The SMILES string of the molecule is C/C(=C\c1ccc(S(N)(=O)=O)cc1)c1ccc(N)cc1. The van der Waals surface area contributed by atoms with Crippen LogP contribution in [0.15, 0.2) is 53.4 Å². The summed E-state index contributed by atoms with van der Waals surface area (Å²) in [5.41, 5.74) is 9.41. The van der Waals surface area contributed by atoms with Gasteiger partial charge in [-0.15, -0.1) is 0 Å². The third kappa shape index (κ3) is 3.46. The summed E-state index contributed by atoms with van der Waals surface area (Å²) in [5, 5.41) is 5.06. The quantitative estimate of drug-likeness (QED) is 0.672. The number of benzene rings is 2. The number of anilines is 1. The van der Waals surface area contributed by atoms with Gasteiger partial charge in [0.1, 0.15) is 0 Å². The Hall–Kier alpha value is -2.11. The zero-order chi connectivity index (χ0) is 14.8. The number of nitrogen functional groups attached to an aromatic ring is 1. The molecule has 0 aliphatic heterocycles. The van der Waals surface area contributed by atoms with Crippen LogP contribution in [0.2, 0.25) is 0 Å². The van der Waals surface area contributed by atoms with E-state index < -0.39 is 10.0 Å². The van der Waals surface area contributed by atoms with E-state index in [1.165, 1.54) is 12.1 Å². The van der Waals surface area contributed by atoms with Crippen molar-refractivity contribution in [1.29, 1.82) is 0 Å². The van der Waals surface area contributed by atoms with Gasteiger partial charge in [-0.1, -0.05) is 30.3 Å². The molecule has 104 valence electrons. The first-order valence-corrected chi connectivity index (χ1v) is 7.58. The fourth-order valence-electron chi connectivity index (χ4n) is 1.83. The lowest BCUT2D eigenvalue weighted by Gasteiger charge is -2.03. The molecular weight excluding hydrogens is 272 g/mol. The molecule has 0 radical (unpaired) electrons. The minimum absolute atomic E-state index is 0.111. The second-order valence-corrected chi connectivity index (χ2v) is 6.12. The van der Waals surface area contributed by atoms with Crippen LogP contribution in [0.3, 0.4) is 0 Å². The van der Waals surface area contributed by atoms with E-state index in [0.29, 0.717) is 0 Å². The number of sulfonamides is 1. The molecule has 0 heterocycles. The highest BCUT2D eigenvalue weighted by Gasteiger charge is 2.06. The first-order chi connectivity index (χ1) is 9.36. The lowest BCUT2D eigenvalue weighted by atomic mass is 10.0. The van der Waals surface area contributed by atoms with Gasteiger partial charge >= 0.3 is 0 Å². The van der Waals surface area contributed by atoms with Crippen molar-refractivity contribution in [1.82, 2.24) is 0 Å². The van der Waals surface area contributed by atoms with Crippen LogP contribution in [0, 0.1) is 0 Å². The molecule has 4 N–H and O–H groups in total. The minimum atomic E-state index is -3.64. The Morgan fingerprint density at radius 2 is 1.55 bits per heavy atom. The van der Waals surface area contributed by atoms with Crippen molar-refractivity contribution < 1.29 is 8.42 Å². The molecule has 0 saturated carbocycles. The van der Waals surface area contributed by atoms with Crippen molar-refractivity contribution in [3.05, 3.63) is 59.7 Å². The Balaban J connectivity index is 2.28. The first kappa shape index (κ1) is 14.3. The maximum Gasteiger partial charge on any atom is 0.238 e. The van der Waals surface area contributed by atoms with Crippen molar-refractivity contribution in [3.63, 3.8) is 0 Å². The van der Waals surface area contributed by atoms with E-state index >= 15 is 0 Å². The predicted molar refractivity (Wildman–Crippen MR) is 82.2 cm³/mol. The zero-order valence-corrected chi connectivity index (χ0v) is 11.9. The van der Waals surface area contributed by atoms with Gasteiger partial charge in [0.05, 0.1) is 4.90 Å². The summed E-state index contributed by atoms with van der Waals surface area (Å²) in [7, 11) is -3.64. The third-order valence-electron chi connectivity index (χ3n) is 2.96. The molecule has 0 bridgehead atoms. The number of hydrogen-bond donors (Lipinski definition) is 2. The molecule has 2 rings (SSSR count). The smallest absolute Gasteiger partial charge is 0.238 e. The van der Waals surface area contributed by atoms with Gasteiger partial charge in [0, 0.05) is 5.69 Å². The van der Waals surface area contributed by atoms with Gasteiger partial charge in [-0.3, -0.25) is 0 Å². The summed E-state index contributed by atoms with van der Waals surface area (Å²) in [4.78, 5) is 0.111. The van der Waals surface area contributed by atoms with Crippen LogP contribution in [0.5, 0.6) is 0 Å². The maximum atomic E-state index is 11.2. The summed E-state index contributed by atoms with van der Waals surface area (Å²) in [5.74, 6) is 0. The molecule has 0 aliphatic rings. The molecule has 0 aliphatic carbocycles. The van der Waals surface area contributed by atoms with E-state index in [1.54, 1.807) is 12.1 Å². The average molecular weight is 288 g/mol. The number of hydrogen-bond acceptors (Lipinski definition) is 3. The molecule has 0 saturated heterocycles. The normalized spacial score (nSPS) is 12.4. The molecule has 5 heteroatoms. The van der Waals surface area contributed by atoms with Crippen molar-refractivity contribution in [2.75, 3.05) is 5.73 Å². The van der Waals surface area contributed by atoms with E-state index in [2.05, 4.69) is 0 Å². The summed E-state index contributed by atoms with van der Waals surface area (Å²) in [6.07, 6.45) is 1.97. The molecule has 0 unspecified atom stereocenters. The second kappa shape index (κ2) is 5.48. The van der Waals surface area contributed by atoms with Gasteiger partial charge in [-0.2, -0.15) is 0 Å².